The molecule has 0 unspecified atom stereocenters. The number of rotatable bonds is 1. The minimum absolute atomic E-state index is 0.194. The van der Waals surface area contributed by atoms with E-state index in [0.717, 1.165) is 6.20 Å². The maximum Gasteiger partial charge on any atom is 0.229 e. The highest BCUT2D eigenvalue weighted by Crippen LogP contribution is 2.13. The van der Waals surface area contributed by atoms with Crippen LogP contribution in [0.1, 0.15) is 5.56 Å². The van der Waals surface area contributed by atoms with Crippen molar-refractivity contribution in [2.24, 2.45) is 0 Å². The molecule has 1 heterocycles. The van der Waals surface area contributed by atoms with Crippen LogP contribution in [0, 0.1) is 17.7 Å². The summed E-state index contributed by atoms with van der Waals surface area (Å²) in [6, 6.07) is 1.26. The molecule has 0 saturated heterocycles. The van der Waals surface area contributed by atoms with Gasteiger partial charge in [-0.05, 0) is 6.07 Å². The average molecular weight is 200 g/mol. The van der Waals surface area contributed by atoms with Gasteiger partial charge in [0.2, 0.25) is 5.88 Å². The second-order valence-corrected chi connectivity index (χ2v) is 2.41. The first kappa shape index (κ1) is 9.82. The summed E-state index contributed by atoms with van der Waals surface area (Å²) in [5.74, 6) is 5.29. The third kappa shape index (κ3) is 2.60. The number of nitrogens with zero attached hydrogens (tertiary/aromatic N) is 1. The van der Waals surface area contributed by atoms with Gasteiger partial charge < -0.3 is 4.74 Å². The molecule has 0 bridgehead atoms. The summed E-state index contributed by atoms with van der Waals surface area (Å²) >= 11 is 5.36. The monoisotopic (exact) mass is 199 g/mol. The number of methoxy groups -OCH3 is 1. The molecule has 13 heavy (non-hydrogen) atoms. The third-order valence-corrected chi connectivity index (χ3v) is 1.43. The molecule has 1 aromatic heterocycles. The first-order chi connectivity index (χ1) is 6.27. The quantitative estimate of drug-likeness (QED) is 0.509. The molecular formula is C9H7ClFNO. The zero-order valence-corrected chi connectivity index (χ0v) is 7.73. The summed E-state index contributed by atoms with van der Waals surface area (Å²) in [5.41, 5.74) is 0.406. The van der Waals surface area contributed by atoms with Crippen molar-refractivity contribution in [1.29, 1.82) is 0 Å². The number of hydrogen-bond donors (Lipinski definition) is 0. The summed E-state index contributed by atoms with van der Waals surface area (Å²) in [5, 5.41) is 0. The van der Waals surface area contributed by atoms with Gasteiger partial charge in [0.15, 0.2) is 0 Å². The van der Waals surface area contributed by atoms with Crippen molar-refractivity contribution in [3.8, 4) is 17.7 Å². The molecule has 68 valence electrons. The Labute approximate surface area is 80.7 Å². The van der Waals surface area contributed by atoms with Crippen molar-refractivity contribution < 1.29 is 9.13 Å². The maximum atomic E-state index is 12.7. The van der Waals surface area contributed by atoms with Gasteiger partial charge in [0.25, 0.3) is 0 Å². The SMILES string of the molecule is COc1ncc(F)cc1C#CCCl. The van der Waals surface area contributed by atoms with Crippen LogP contribution in [0.2, 0.25) is 0 Å². The summed E-state index contributed by atoms with van der Waals surface area (Å²) in [7, 11) is 1.45. The van der Waals surface area contributed by atoms with Crippen LogP contribution >= 0.6 is 11.6 Å². The predicted octanol–water partition coefficient (Wildman–Crippen LogP) is 1.82. The van der Waals surface area contributed by atoms with Crippen molar-refractivity contribution in [2.75, 3.05) is 13.0 Å². The van der Waals surface area contributed by atoms with E-state index in [1.54, 1.807) is 0 Å². The fourth-order valence-electron chi connectivity index (χ4n) is 0.808. The van der Waals surface area contributed by atoms with Gasteiger partial charge in [-0.15, -0.1) is 11.6 Å². The summed E-state index contributed by atoms with van der Waals surface area (Å²) < 4.78 is 17.6. The number of hydrogen-bond acceptors (Lipinski definition) is 2. The van der Waals surface area contributed by atoms with Crippen molar-refractivity contribution in [1.82, 2.24) is 4.98 Å². The molecule has 0 N–H and O–H groups in total. The molecule has 0 spiro atoms. The van der Waals surface area contributed by atoms with E-state index in [-0.39, 0.29) is 5.88 Å². The minimum Gasteiger partial charge on any atom is -0.480 e. The molecule has 2 nitrogen and oxygen atoms in total. The Morgan fingerprint density at radius 1 is 1.69 bits per heavy atom. The summed E-state index contributed by atoms with van der Waals surface area (Å²) in [6.45, 7) is 0. The van der Waals surface area contributed by atoms with Gasteiger partial charge in [0.1, 0.15) is 5.82 Å². The van der Waals surface area contributed by atoms with Crippen LogP contribution in [0.5, 0.6) is 5.88 Å². The fourth-order valence-corrected chi connectivity index (χ4v) is 0.874. The molecule has 0 atom stereocenters. The van der Waals surface area contributed by atoms with Crippen LogP contribution in [0.15, 0.2) is 12.3 Å². The van der Waals surface area contributed by atoms with Crippen molar-refractivity contribution in [3.63, 3.8) is 0 Å². The second-order valence-electron chi connectivity index (χ2n) is 2.15. The molecule has 1 aromatic rings. The summed E-state index contributed by atoms with van der Waals surface area (Å²) in [6.07, 6.45) is 1.07. The average Bonchev–Trinajstić information content (AvgIpc) is 2.15. The predicted molar refractivity (Wildman–Crippen MR) is 48.3 cm³/mol. The Morgan fingerprint density at radius 3 is 3.08 bits per heavy atom. The Morgan fingerprint density at radius 2 is 2.46 bits per heavy atom. The lowest BCUT2D eigenvalue weighted by Crippen LogP contribution is -1.92. The van der Waals surface area contributed by atoms with Crippen LogP contribution in [-0.4, -0.2) is 18.0 Å². The number of alkyl halides is 1. The molecule has 0 amide bonds. The van der Waals surface area contributed by atoms with E-state index in [2.05, 4.69) is 16.8 Å². The van der Waals surface area contributed by atoms with Crippen molar-refractivity contribution in [3.05, 3.63) is 23.6 Å². The molecule has 0 aromatic carbocycles. The Balaban J connectivity index is 3.08. The first-order valence-electron chi connectivity index (χ1n) is 3.52. The van der Waals surface area contributed by atoms with Crippen LogP contribution in [0.3, 0.4) is 0 Å². The van der Waals surface area contributed by atoms with E-state index in [4.69, 9.17) is 16.3 Å². The Bertz CT molecular complexity index is 356. The standard InChI is InChI=1S/C9H7ClFNO/c1-13-9-7(3-2-4-10)5-8(11)6-12-9/h5-6H,4H2,1H3. The molecule has 0 fully saturated rings. The fraction of sp³-hybridized carbons (Fsp3) is 0.222. The molecular weight excluding hydrogens is 193 g/mol. The molecule has 1 rings (SSSR count). The largest absolute Gasteiger partial charge is 0.480 e. The van der Waals surface area contributed by atoms with Gasteiger partial charge in [-0.25, -0.2) is 9.37 Å². The lowest BCUT2D eigenvalue weighted by molar-refractivity contribution is 0.394. The highest BCUT2D eigenvalue weighted by Gasteiger charge is 2.02. The van der Waals surface area contributed by atoms with E-state index < -0.39 is 5.82 Å². The molecule has 0 radical (unpaired) electrons. The highest BCUT2D eigenvalue weighted by molar-refractivity contribution is 6.19. The lowest BCUT2D eigenvalue weighted by atomic mass is 10.3. The van der Waals surface area contributed by atoms with Crippen LogP contribution < -0.4 is 4.74 Å². The molecule has 0 aliphatic rings. The minimum atomic E-state index is -0.445. The zero-order valence-electron chi connectivity index (χ0n) is 6.97. The number of pyridine rings is 1. The Hall–Kier alpha value is -1.27. The van der Waals surface area contributed by atoms with Gasteiger partial charge in [0, 0.05) is 0 Å². The first-order valence-corrected chi connectivity index (χ1v) is 4.05. The van der Waals surface area contributed by atoms with E-state index >= 15 is 0 Å². The van der Waals surface area contributed by atoms with Crippen molar-refractivity contribution in [2.45, 2.75) is 0 Å². The number of halogens is 2. The normalized spacial score (nSPS) is 8.85. The van der Waals surface area contributed by atoms with E-state index in [0.29, 0.717) is 11.4 Å². The second kappa shape index (κ2) is 4.68. The van der Waals surface area contributed by atoms with Gasteiger partial charge in [-0.3, -0.25) is 0 Å². The molecule has 4 heteroatoms. The van der Waals surface area contributed by atoms with E-state index in [1.807, 2.05) is 0 Å². The highest BCUT2D eigenvalue weighted by atomic mass is 35.5. The molecule has 0 saturated carbocycles. The van der Waals surface area contributed by atoms with Gasteiger partial charge in [-0.2, -0.15) is 0 Å². The number of ether oxygens (including phenoxy) is 1. The van der Waals surface area contributed by atoms with Gasteiger partial charge in [0.05, 0.1) is 24.8 Å². The van der Waals surface area contributed by atoms with E-state index in [1.165, 1.54) is 13.2 Å². The van der Waals surface area contributed by atoms with Crippen LogP contribution in [0.25, 0.3) is 0 Å². The van der Waals surface area contributed by atoms with Gasteiger partial charge in [-0.1, -0.05) is 11.8 Å². The zero-order chi connectivity index (χ0) is 9.68. The number of aromatic nitrogens is 1. The van der Waals surface area contributed by atoms with Gasteiger partial charge >= 0.3 is 0 Å². The maximum absolute atomic E-state index is 12.7. The smallest absolute Gasteiger partial charge is 0.229 e. The van der Waals surface area contributed by atoms with Crippen LogP contribution in [0.4, 0.5) is 4.39 Å². The van der Waals surface area contributed by atoms with Crippen molar-refractivity contribution >= 4 is 11.6 Å². The topological polar surface area (TPSA) is 22.1 Å². The molecule has 0 aliphatic heterocycles. The van der Waals surface area contributed by atoms with Crippen LogP contribution in [-0.2, 0) is 0 Å². The Kier molecular flexibility index (Phi) is 3.53. The third-order valence-electron chi connectivity index (χ3n) is 1.30. The lowest BCUT2D eigenvalue weighted by Gasteiger charge is -2.00. The van der Waals surface area contributed by atoms with E-state index in [9.17, 15) is 4.39 Å². The summed E-state index contributed by atoms with van der Waals surface area (Å²) in [4.78, 5) is 3.71. The molecule has 0 aliphatic carbocycles.